The lowest BCUT2D eigenvalue weighted by atomic mass is 10.1. The Morgan fingerprint density at radius 2 is 1.43 bits per heavy atom. The minimum atomic E-state index is -0.371. The van der Waals surface area contributed by atoms with Crippen molar-refractivity contribution < 1.29 is 19.0 Å². The van der Waals surface area contributed by atoms with E-state index in [2.05, 4.69) is 5.10 Å². The number of esters is 1. The molecule has 0 aliphatic rings. The topological polar surface area (TPSA) is 79.7 Å². The Morgan fingerprint density at radius 3 is 2.20 bits per heavy atom. The van der Waals surface area contributed by atoms with E-state index in [0.717, 1.165) is 17.4 Å². The molecule has 202 valence electrons. The highest BCUT2D eigenvalue weighted by Crippen LogP contribution is 2.38. The van der Waals surface area contributed by atoms with Crippen molar-refractivity contribution >= 4 is 16.7 Å². The van der Waals surface area contributed by atoms with E-state index in [4.69, 9.17) is 14.2 Å². The molecule has 0 amide bonds. The predicted octanol–water partition coefficient (Wildman–Crippen LogP) is 5.98. The maximum Gasteiger partial charge on any atom is 0.311 e. The van der Waals surface area contributed by atoms with Gasteiger partial charge in [0.05, 0.1) is 18.1 Å². The molecule has 5 aromatic rings. The van der Waals surface area contributed by atoms with Crippen LogP contribution >= 0.6 is 0 Å². The lowest BCUT2D eigenvalue weighted by molar-refractivity contribution is -0.134. The fourth-order valence-corrected chi connectivity index (χ4v) is 4.33. The third kappa shape index (κ3) is 6.94. The summed E-state index contributed by atoms with van der Waals surface area (Å²) in [6.45, 7) is 0.675. The highest BCUT2D eigenvalue weighted by molar-refractivity contribution is 5.80. The maximum atomic E-state index is 12.9. The van der Waals surface area contributed by atoms with Gasteiger partial charge in [0, 0.05) is 11.8 Å². The average Bonchev–Trinajstić information content (AvgIpc) is 2.99. The molecule has 0 bridgehead atoms. The monoisotopic (exact) mass is 534 g/mol. The summed E-state index contributed by atoms with van der Waals surface area (Å²) in [7, 11) is 0. The van der Waals surface area contributed by atoms with Gasteiger partial charge in [-0.15, -0.1) is 0 Å². The summed E-state index contributed by atoms with van der Waals surface area (Å²) in [5.41, 5.74) is 1.96. The number of aryl methyl sites for hydroxylation is 1. The molecule has 1 aromatic heterocycles. The highest BCUT2D eigenvalue weighted by atomic mass is 16.6. The Kier molecular flexibility index (Phi) is 8.84. The second kappa shape index (κ2) is 13.2. The van der Waals surface area contributed by atoms with E-state index in [9.17, 15) is 9.59 Å². The van der Waals surface area contributed by atoms with Gasteiger partial charge in [-0.25, -0.2) is 4.68 Å². The van der Waals surface area contributed by atoms with Gasteiger partial charge in [0.25, 0.3) is 5.56 Å². The summed E-state index contributed by atoms with van der Waals surface area (Å²) in [4.78, 5) is 25.7. The third-order valence-electron chi connectivity index (χ3n) is 6.41. The molecule has 0 aliphatic carbocycles. The predicted molar refractivity (Wildman–Crippen MR) is 154 cm³/mol. The minimum Gasteiger partial charge on any atom is -0.488 e. The lowest BCUT2D eigenvalue weighted by Gasteiger charge is -2.16. The molecule has 1 heterocycles. The molecule has 0 saturated carbocycles. The Bertz CT molecular complexity index is 1620. The molecule has 0 spiro atoms. The molecule has 0 saturated heterocycles. The number of carbonyl (C=O) groups excluding carboxylic acids is 1. The van der Waals surface area contributed by atoms with Gasteiger partial charge in [-0.05, 0) is 42.2 Å². The number of carbonyl (C=O) groups is 1. The number of hydrogen-bond acceptors (Lipinski definition) is 6. The fraction of sp³-hybridized carbons (Fsp3) is 0.182. The summed E-state index contributed by atoms with van der Waals surface area (Å²) in [5, 5.41) is 5.64. The first kappa shape index (κ1) is 26.7. The van der Waals surface area contributed by atoms with Crippen molar-refractivity contribution in [3.63, 3.8) is 0 Å². The first-order valence-electron chi connectivity index (χ1n) is 13.3. The van der Waals surface area contributed by atoms with Crippen LogP contribution in [0.15, 0.2) is 114 Å². The lowest BCUT2D eigenvalue weighted by Crippen LogP contribution is -2.25. The molecule has 5 rings (SSSR count). The Hall–Kier alpha value is -4.91. The molecule has 7 nitrogen and oxygen atoms in total. The number of nitrogens with zero attached hydrogens (tertiary/aromatic N) is 2. The zero-order valence-electron chi connectivity index (χ0n) is 22.1. The van der Waals surface area contributed by atoms with Crippen LogP contribution in [-0.2, 0) is 24.4 Å². The zero-order chi connectivity index (χ0) is 27.6. The number of hydrogen-bond donors (Lipinski definition) is 0. The summed E-state index contributed by atoms with van der Waals surface area (Å²) in [6, 6.07) is 32.3. The van der Waals surface area contributed by atoms with E-state index >= 15 is 0 Å². The van der Waals surface area contributed by atoms with E-state index in [1.807, 2.05) is 78.9 Å². The van der Waals surface area contributed by atoms with Gasteiger partial charge < -0.3 is 14.2 Å². The number of fused-ring (bicyclic) bond motifs is 1. The van der Waals surface area contributed by atoms with Gasteiger partial charge >= 0.3 is 5.97 Å². The van der Waals surface area contributed by atoms with Crippen LogP contribution in [0.2, 0.25) is 0 Å². The standard InChI is InChI=1S/C33H30N2O5/c36-31(20-9-15-25-11-3-1-4-12-25)40-32-29(18-10-19-30(32)39-24-26-13-5-2-6-14-26)38-22-21-35-33(37)28-17-8-7-16-27(28)23-34-35/h1-8,10-14,16-19,23H,9,15,20-22,24H2. The zero-order valence-corrected chi connectivity index (χ0v) is 22.1. The van der Waals surface area contributed by atoms with Crippen molar-refractivity contribution in [1.29, 1.82) is 0 Å². The maximum absolute atomic E-state index is 12.9. The van der Waals surface area contributed by atoms with Crippen LogP contribution in [0.25, 0.3) is 10.8 Å². The van der Waals surface area contributed by atoms with Crippen LogP contribution in [0.3, 0.4) is 0 Å². The SMILES string of the molecule is O=C(CCCc1ccccc1)Oc1c(OCCn2ncc3ccccc3c2=O)cccc1OCc1ccccc1. The minimum absolute atomic E-state index is 0.145. The normalized spacial score (nSPS) is 10.8. The van der Waals surface area contributed by atoms with Crippen molar-refractivity contribution in [1.82, 2.24) is 9.78 Å². The van der Waals surface area contributed by atoms with Crippen molar-refractivity contribution in [2.24, 2.45) is 0 Å². The van der Waals surface area contributed by atoms with Crippen molar-refractivity contribution in [3.8, 4) is 17.2 Å². The molecule has 7 heteroatoms. The third-order valence-corrected chi connectivity index (χ3v) is 6.41. The smallest absolute Gasteiger partial charge is 0.311 e. The van der Waals surface area contributed by atoms with Crippen LogP contribution in [-0.4, -0.2) is 22.4 Å². The Balaban J connectivity index is 1.29. The molecular weight excluding hydrogens is 504 g/mol. The first-order chi connectivity index (χ1) is 19.7. The van der Waals surface area contributed by atoms with Crippen LogP contribution in [0.5, 0.6) is 17.2 Å². The quantitative estimate of drug-likeness (QED) is 0.145. The van der Waals surface area contributed by atoms with Gasteiger partial charge in [-0.2, -0.15) is 5.10 Å². The number of ether oxygens (including phenoxy) is 3. The highest BCUT2D eigenvalue weighted by Gasteiger charge is 2.17. The van der Waals surface area contributed by atoms with E-state index < -0.39 is 0 Å². The molecule has 4 aromatic carbocycles. The van der Waals surface area contributed by atoms with Crippen molar-refractivity contribution in [2.45, 2.75) is 32.4 Å². The van der Waals surface area contributed by atoms with Gasteiger partial charge in [-0.3, -0.25) is 9.59 Å². The first-order valence-corrected chi connectivity index (χ1v) is 13.3. The largest absolute Gasteiger partial charge is 0.488 e. The molecule has 0 N–H and O–H groups in total. The molecule has 0 unspecified atom stereocenters. The summed E-state index contributed by atoms with van der Waals surface area (Å²) in [6.07, 6.45) is 3.34. The van der Waals surface area contributed by atoms with Crippen molar-refractivity contribution in [2.75, 3.05) is 6.61 Å². The average molecular weight is 535 g/mol. The van der Waals surface area contributed by atoms with Crippen LogP contribution < -0.4 is 19.8 Å². The van der Waals surface area contributed by atoms with Crippen molar-refractivity contribution in [3.05, 3.63) is 131 Å². The van der Waals surface area contributed by atoms with E-state index in [-0.39, 0.29) is 36.9 Å². The van der Waals surface area contributed by atoms with Crippen LogP contribution in [0.1, 0.15) is 24.0 Å². The second-order valence-electron chi connectivity index (χ2n) is 9.28. The Morgan fingerprint density at radius 1 is 0.750 bits per heavy atom. The summed E-state index contributed by atoms with van der Waals surface area (Å²) < 4.78 is 19.2. The summed E-state index contributed by atoms with van der Waals surface area (Å²) >= 11 is 0. The van der Waals surface area contributed by atoms with Gasteiger partial charge in [0.2, 0.25) is 5.75 Å². The number of para-hydroxylation sites is 1. The van der Waals surface area contributed by atoms with E-state index in [1.54, 1.807) is 30.5 Å². The number of benzene rings is 4. The van der Waals surface area contributed by atoms with Gasteiger partial charge in [0.1, 0.15) is 13.2 Å². The van der Waals surface area contributed by atoms with Crippen LogP contribution in [0.4, 0.5) is 0 Å². The van der Waals surface area contributed by atoms with E-state index in [1.165, 1.54) is 10.2 Å². The summed E-state index contributed by atoms with van der Waals surface area (Å²) in [5.74, 6) is 0.612. The van der Waals surface area contributed by atoms with E-state index in [0.29, 0.717) is 29.9 Å². The molecule has 0 atom stereocenters. The fourth-order valence-electron chi connectivity index (χ4n) is 4.33. The Labute approximate surface area is 232 Å². The van der Waals surface area contributed by atoms with Crippen LogP contribution in [0, 0.1) is 0 Å². The second-order valence-corrected chi connectivity index (χ2v) is 9.28. The molecule has 0 aliphatic heterocycles. The molecule has 0 radical (unpaired) electrons. The molecule has 0 fully saturated rings. The van der Waals surface area contributed by atoms with Gasteiger partial charge in [0.15, 0.2) is 11.5 Å². The molecule has 40 heavy (non-hydrogen) atoms. The number of rotatable bonds is 12. The van der Waals surface area contributed by atoms with Gasteiger partial charge in [-0.1, -0.05) is 84.9 Å². The molecular formula is C33H30N2O5. The number of aromatic nitrogens is 2.